The standard InChI is InChI=1S/C26H31N7O2/c1-16(28-23(34)24-29-25(32-35-24)26(2,3)4)17-8-10-18(11-9-17)19-12-13-27-21-20(19)22(31-30-21)33-14-6-5-7-15-33/h8-13,16H,5-7,14-15H2,1-4H3,(H,28,34)(H,27,30,31). The van der Waals surface area contributed by atoms with E-state index in [9.17, 15) is 4.79 Å². The third-order valence-corrected chi connectivity index (χ3v) is 6.46. The van der Waals surface area contributed by atoms with Crippen LogP contribution in [0.1, 0.15) is 75.1 Å². The van der Waals surface area contributed by atoms with Crippen molar-refractivity contribution >= 4 is 22.8 Å². The first-order valence-corrected chi connectivity index (χ1v) is 12.1. The zero-order valence-electron chi connectivity index (χ0n) is 20.6. The van der Waals surface area contributed by atoms with Crippen molar-refractivity contribution in [3.8, 4) is 11.1 Å². The molecule has 1 aromatic carbocycles. The Morgan fingerprint density at radius 1 is 1.11 bits per heavy atom. The maximum absolute atomic E-state index is 12.6. The molecule has 182 valence electrons. The number of aromatic amines is 1. The summed E-state index contributed by atoms with van der Waals surface area (Å²) in [5.74, 6) is 1.07. The first-order valence-electron chi connectivity index (χ1n) is 12.1. The van der Waals surface area contributed by atoms with Gasteiger partial charge in [0.2, 0.25) is 0 Å². The van der Waals surface area contributed by atoms with Gasteiger partial charge in [-0.2, -0.15) is 10.1 Å². The van der Waals surface area contributed by atoms with Crippen molar-refractivity contribution in [2.45, 2.75) is 58.4 Å². The van der Waals surface area contributed by atoms with Crippen LogP contribution in [0.2, 0.25) is 0 Å². The second kappa shape index (κ2) is 9.13. The van der Waals surface area contributed by atoms with Crippen molar-refractivity contribution in [2.75, 3.05) is 18.0 Å². The van der Waals surface area contributed by atoms with E-state index in [2.05, 4.69) is 47.7 Å². The highest BCUT2D eigenvalue weighted by molar-refractivity contribution is 6.00. The van der Waals surface area contributed by atoms with E-state index >= 15 is 0 Å². The summed E-state index contributed by atoms with van der Waals surface area (Å²) in [6.07, 6.45) is 5.44. The van der Waals surface area contributed by atoms with Gasteiger partial charge in [0.05, 0.1) is 11.4 Å². The lowest BCUT2D eigenvalue weighted by Gasteiger charge is -2.27. The number of piperidine rings is 1. The van der Waals surface area contributed by atoms with Gasteiger partial charge in [0.25, 0.3) is 0 Å². The van der Waals surface area contributed by atoms with Crippen molar-refractivity contribution in [3.63, 3.8) is 0 Å². The van der Waals surface area contributed by atoms with E-state index in [1.807, 2.05) is 52.1 Å². The highest BCUT2D eigenvalue weighted by Crippen LogP contribution is 2.34. The van der Waals surface area contributed by atoms with Crippen LogP contribution in [0.5, 0.6) is 0 Å². The normalized spacial score (nSPS) is 15.4. The van der Waals surface area contributed by atoms with Crippen LogP contribution in [0, 0.1) is 0 Å². The van der Waals surface area contributed by atoms with Gasteiger partial charge in [-0.3, -0.25) is 9.89 Å². The van der Waals surface area contributed by atoms with Crippen LogP contribution in [0.4, 0.5) is 5.82 Å². The number of anilines is 1. The molecule has 0 aliphatic carbocycles. The Bertz CT molecular complexity index is 1330. The van der Waals surface area contributed by atoms with Crippen molar-refractivity contribution in [3.05, 3.63) is 53.8 Å². The van der Waals surface area contributed by atoms with Gasteiger partial charge in [0.1, 0.15) is 0 Å². The fraction of sp³-hybridized carbons (Fsp3) is 0.423. The molecule has 0 spiro atoms. The lowest BCUT2D eigenvalue weighted by Crippen LogP contribution is -2.29. The molecule has 1 unspecified atom stereocenters. The van der Waals surface area contributed by atoms with Crippen molar-refractivity contribution in [2.24, 2.45) is 0 Å². The Labute approximate surface area is 204 Å². The Morgan fingerprint density at radius 3 is 2.54 bits per heavy atom. The van der Waals surface area contributed by atoms with Crippen LogP contribution < -0.4 is 10.2 Å². The Balaban J connectivity index is 1.36. The highest BCUT2D eigenvalue weighted by Gasteiger charge is 2.25. The number of carbonyl (C=O) groups is 1. The number of nitrogens with zero attached hydrogens (tertiary/aromatic N) is 5. The fourth-order valence-electron chi connectivity index (χ4n) is 4.42. The molecule has 9 heteroatoms. The van der Waals surface area contributed by atoms with Gasteiger partial charge in [0.15, 0.2) is 17.3 Å². The predicted octanol–water partition coefficient (Wildman–Crippen LogP) is 4.79. The molecular weight excluding hydrogens is 442 g/mol. The van der Waals surface area contributed by atoms with E-state index in [1.165, 1.54) is 19.3 Å². The molecule has 1 fully saturated rings. The van der Waals surface area contributed by atoms with E-state index in [0.717, 1.165) is 46.6 Å². The van der Waals surface area contributed by atoms with Crippen LogP contribution in [0.25, 0.3) is 22.2 Å². The second-order valence-corrected chi connectivity index (χ2v) is 10.2. The minimum atomic E-state index is -0.384. The molecule has 0 saturated carbocycles. The number of pyridine rings is 1. The third kappa shape index (κ3) is 4.62. The van der Waals surface area contributed by atoms with Gasteiger partial charge in [0, 0.05) is 24.7 Å². The van der Waals surface area contributed by atoms with Crippen molar-refractivity contribution in [1.29, 1.82) is 0 Å². The Kier molecular flexibility index (Phi) is 6.00. The van der Waals surface area contributed by atoms with Gasteiger partial charge >= 0.3 is 11.8 Å². The average Bonchev–Trinajstić information content (AvgIpc) is 3.52. The fourth-order valence-corrected chi connectivity index (χ4v) is 4.42. The predicted molar refractivity (Wildman–Crippen MR) is 134 cm³/mol. The summed E-state index contributed by atoms with van der Waals surface area (Å²) >= 11 is 0. The zero-order valence-corrected chi connectivity index (χ0v) is 20.6. The summed E-state index contributed by atoms with van der Waals surface area (Å²) in [4.78, 5) is 23.7. The summed E-state index contributed by atoms with van der Waals surface area (Å²) in [5.41, 5.74) is 3.65. The molecule has 5 rings (SSSR count). The molecule has 9 nitrogen and oxygen atoms in total. The summed E-state index contributed by atoms with van der Waals surface area (Å²) in [6, 6.07) is 10.0. The molecule has 1 atom stereocenters. The SMILES string of the molecule is CC(NC(=O)c1nc(C(C)(C)C)no1)c1ccc(-c2ccnc3[nH]nc(N4CCCCC4)c23)cc1. The molecule has 0 radical (unpaired) electrons. The van der Waals surface area contributed by atoms with Crippen LogP contribution in [-0.2, 0) is 5.41 Å². The monoisotopic (exact) mass is 473 g/mol. The molecule has 1 saturated heterocycles. The van der Waals surface area contributed by atoms with Gasteiger partial charge < -0.3 is 14.7 Å². The molecule has 1 aliphatic rings. The van der Waals surface area contributed by atoms with Gasteiger partial charge in [-0.15, -0.1) is 0 Å². The van der Waals surface area contributed by atoms with Gasteiger partial charge in [-0.05, 0) is 48.9 Å². The summed E-state index contributed by atoms with van der Waals surface area (Å²) in [6.45, 7) is 9.88. The van der Waals surface area contributed by atoms with Crippen LogP contribution >= 0.6 is 0 Å². The quantitative estimate of drug-likeness (QED) is 0.429. The number of hydrogen-bond donors (Lipinski definition) is 2. The smallest absolute Gasteiger partial charge is 0.315 e. The van der Waals surface area contributed by atoms with E-state index in [1.54, 1.807) is 0 Å². The van der Waals surface area contributed by atoms with E-state index < -0.39 is 0 Å². The highest BCUT2D eigenvalue weighted by atomic mass is 16.5. The van der Waals surface area contributed by atoms with Crippen molar-refractivity contribution < 1.29 is 9.32 Å². The summed E-state index contributed by atoms with van der Waals surface area (Å²) in [5, 5.41) is 15.6. The van der Waals surface area contributed by atoms with Gasteiger partial charge in [-0.1, -0.05) is 50.2 Å². The Morgan fingerprint density at radius 2 is 1.86 bits per heavy atom. The number of rotatable bonds is 5. The van der Waals surface area contributed by atoms with Gasteiger partial charge in [-0.25, -0.2) is 4.98 Å². The Hall–Kier alpha value is -3.75. The first-order chi connectivity index (χ1) is 16.8. The van der Waals surface area contributed by atoms with E-state index in [4.69, 9.17) is 4.52 Å². The maximum atomic E-state index is 12.6. The minimum absolute atomic E-state index is 0.0252. The van der Waals surface area contributed by atoms with E-state index in [0.29, 0.717) is 5.82 Å². The lowest BCUT2D eigenvalue weighted by atomic mass is 9.96. The number of H-pyrrole nitrogens is 1. The topological polar surface area (TPSA) is 113 Å². The number of nitrogens with one attached hydrogen (secondary N) is 2. The molecule has 0 bridgehead atoms. The third-order valence-electron chi connectivity index (χ3n) is 6.46. The molecule has 4 aromatic rings. The number of carbonyl (C=O) groups excluding carboxylic acids is 1. The lowest BCUT2D eigenvalue weighted by molar-refractivity contribution is 0.0895. The number of benzene rings is 1. The minimum Gasteiger partial charge on any atom is -0.355 e. The number of amides is 1. The molecule has 2 N–H and O–H groups in total. The van der Waals surface area contributed by atoms with Crippen LogP contribution in [0.15, 0.2) is 41.1 Å². The average molecular weight is 474 g/mol. The van der Waals surface area contributed by atoms with E-state index in [-0.39, 0.29) is 23.3 Å². The largest absolute Gasteiger partial charge is 0.355 e. The molecule has 1 aliphatic heterocycles. The summed E-state index contributed by atoms with van der Waals surface area (Å²) in [7, 11) is 0. The summed E-state index contributed by atoms with van der Waals surface area (Å²) < 4.78 is 5.17. The van der Waals surface area contributed by atoms with Crippen molar-refractivity contribution in [1.82, 2.24) is 30.6 Å². The maximum Gasteiger partial charge on any atom is 0.315 e. The molecule has 4 heterocycles. The number of fused-ring (bicyclic) bond motifs is 1. The molecule has 35 heavy (non-hydrogen) atoms. The second-order valence-electron chi connectivity index (χ2n) is 10.2. The molecular formula is C26H31N7O2. The zero-order chi connectivity index (χ0) is 24.6. The van der Waals surface area contributed by atoms with Crippen LogP contribution in [-0.4, -0.2) is 44.3 Å². The van der Waals surface area contributed by atoms with Crippen LogP contribution in [0.3, 0.4) is 0 Å². The number of hydrogen-bond acceptors (Lipinski definition) is 7. The molecule has 1 amide bonds. The molecule has 3 aromatic heterocycles. The first kappa shape index (κ1) is 23.0. The number of aromatic nitrogens is 5.